The van der Waals surface area contributed by atoms with Gasteiger partial charge in [-0.15, -0.1) is 0 Å². The SMILES string of the molecule is CCC(NC(=O)C1CC(c2ccccc2O)NN1)c1cc(C)ccn1. The normalized spacial score (nSPS) is 21.0. The van der Waals surface area contributed by atoms with Gasteiger partial charge in [0.15, 0.2) is 0 Å². The molecule has 0 bridgehead atoms. The van der Waals surface area contributed by atoms with Gasteiger partial charge in [0.1, 0.15) is 11.8 Å². The van der Waals surface area contributed by atoms with Gasteiger partial charge in [-0.3, -0.25) is 9.78 Å². The maximum absolute atomic E-state index is 12.6. The van der Waals surface area contributed by atoms with E-state index in [1.54, 1.807) is 18.3 Å². The van der Waals surface area contributed by atoms with Crippen LogP contribution in [-0.4, -0.2) is 22.0 Å². The molecular weight excluding hydrogens is 316 g/mol. The van der Waals surface area contributed by atoms with Crippen LogP contribution in [0.3, 0.4) is 0 Å². The smallest absolute Gasteiger partial charge is 0.239 e. The van der Waals surface area contributed by atoms with Crippen molar-refractivity contribution in [2.24, 2.45) is 0 Å². The van der Waals surface area contributed by atoms with E-state index >= 15 is 0 Å². The number of benzene rings is 1. The summed E-state index contributed by atoms with van der Waals surface area (Å²) in [5.41, 5.74) is 8.92. The quantitative estimate of drug-likeness (QED) is 0.671. The number of hydrogen-bond acceptors (Lipinski definition) is 5. The molecule has 1 aromatic heterocycles. The fraction of sp³-hybridized carbons (Fsp3) is 0.368. The standard InChI is InChI=1S/C19H24N4O2/c1-3-14(16-10-12(2)8-9-20-16)21-19(25)17-11-15(22-23-17)13-6-4-5-7-18(13)24/h4-10,14-15,17,22-24H,3,11H2,1-2H3,(H,21,25). The Balaban J connectivity index is 1.65. The molecule has 0 saturated carbocycles. The lowest BCUT2D eigenvalue weighted by molar-refractivity contribution is -0.123. The number of phenolic OH excluding ortho intramolecular Hbond substituents is 1. The summed E-state index contributed by atoms with van der Waals surface area (Å²) in [7, 11) is 0. The minimum atomic E-state index is -0.358. The second kappa shape index (κ2) is 7.63. The third-order valence-corrected chi connectivity index (χ3v) is 4.55. The average molecular weight is 340 g/mol. The first-order valence-electron chi connectivity index (χ1n) is 8.60. The van der Waals surface area contributed by atoms with E-state index < -0.39 is 0 Å². The summed E-state index contributed by atoms with van der Waals surface area (Å²) in [5.74, 6) is 0.166. The monoisotopic (exact) mass is 340 g/mol. The molecular formula is C19H24N4O2. The molecule has 1 fully saturated rings. The topological polar surface area (TPSA) is 86.3 Å². The van der Waals surface area contributed by atoms with Gasteiger partial charge in [-0.2, -0.15) is 0 Å². The average Bonchev–Trinajstić information content (AvgIpc) is 3.10. The van der Waals surface area contributed by atoms with Gasteiger partial charge in [0, 0.05) is 11.8 Å². The van der Waals surface area contributed by atoms with Crippen molar-refractivity contribution < 1.29 is 9.90 Å². The number of rotatable bonds is 5. The number of nitrogens with one attached hydrogen (secondary N) is 3. The van der Waals surface area contributed by atoms with Gasteiger partial charge in [-0.1, -0.05) is 25.1 Å². The third kappa shape index (κ3) is 3.97. The number of phenols is 1. The highest BCUT2D eigenvalue weighted by Crippen LogP contribution is 2.29. The predicted octanol–water partition coefficient (Wildman–Crippen LogP) is 2.27. The lowest BCUT2D eigenvalue weighted by Crippen LogP contribution is -2.44. The molecule has 0 radical (unpaired) electrons. The number of pyridine rings is 1. The Hall–Kier alpha value is -2.44. The second-order valence-electron chi connectivity index (χ2n) is 6.42. The van der Waals surface area contributed by atoms with Crippen molar-refractivity contribution in [1.82, 2.24) is 21.2 Å². The van der Waals surface area contributed by atoms with Crippen LogP contribution in [0.15, 0.2) is 42.6 Å². The first kappa shape index (κ1) is 17.4. The Labute approximate surface area is 147 Å². The van der Waals surface area contributed by atoms with E-state index in [9.17, 15) is 9.90 Å². The van der Waals surface area contributed by atoms with Crippen LogP contribution in [0.2, 0.25) is 0 Å². The number of aromatic hydroxyl groups is 1. The molecule has 6 heteroatoms. The molecule has 1 aliphatic rings. The highest BCUT2D eigenvalue weighted by atomic mass is 16.3. The number of aryl methyl sites for hydroxylation is 1. The number of hydrazine groups is 1. The Bertz CT molecular complexity index is 750. The number of amides is 1. The van der Waals surface area contributed by atoms with Crippen LogP contribution in [0.4, 0.5) is 0 Å². The fourth-order valence-electron chi connectivity index (χ4n) is 3.12. The summed E-state index contributed by atoms with van der Waals surface area (Å²) in [6.45, 7) is 4.04. The van der Waals surface area contributed by atoms with Crippen LogP contribution >= 0.6 is 0 Å². The maximum atomic E-state index is 12.6. The molecule has 1 aromatic carbocycles. The Morgan fingerprint density at radius 3 is 2.88 bits per heavy atom. The first-order chi connectivity index (χ1) is 12.1. The Morgan fingerprint density at radius 1 is 1.36 bits per heavy atom. The lowest BCUT2D eigenvalue weighted by Gasteiger charge is -2.19. The van der Waals surface area contributed by atoms with Gasteiger partial charge in [-0.05, 0) is 43.5 Å². The van der Waals surface area contributed by atoms with E-state index in [0.29, 0.717) is 6.42 Å². The lowest BCUT2D eigenvalue weighted by atomic mass is 10.0. The fourth-order valence-corrected chi connectivity index (χ4v) is 3.12. The molecule has 132 valence electrons. The van der Waals surface area contributed by atoms with Crippen molar-refractivity contribution in [1.29, 1.82) is 0 Å². The predicted molar refractivity (Wildman–Crippen MR) is 95.7 cm³/mol. The van der Waals surface area contributed by atoms with Crippen LogP contribution in [0.25, 0.3) is 0 Å². The molecule has 0 spiro atoms. The van der Waals surface area contributed by atoms with Gasteiger partial charge in [0.2, 0.25) is 5.91 Å². The summed E-state index contributed by atoms with van der Waals surface area (Å²) in [6, 6.07) is 10.5. The molecule has 6 nitrogen and oxygen atoms in total. The maximum Gasteiger partial charge on any atom is 0.239 e. The van der Waals surface area contributed by atoms with Gasteiger partial charge in [0.25, 0.3) is 0 Å². The third-order valence-electron chi connectivity index (χ3n) is 4.55. The molecule has 2 heterocycles. The number of aromatic nitrogens is 1. The van der Waals surface area contributed by atoms with Crippen LogP contribution in [0.1, 0.15) is 48.7 Å². The summed E-state index contributed by atoms with van der Waals surface area (Å²) >= 11 is 0. The van der Waals surface area contributed by atoms with E-state index in [1.807, 2.05) is 38.1 Å². The van der Waals surface area contributed by atoms with Gasteiger partial charge < -0.3 is 10.4 Å². The summed E-state index contributed by atoms with van der Waals surface area (Å²) in [6.07, 6.45) is 3.11. The van der Waals surface area contributed by atoms with Crippen molar-refractivity contribution in [2.45, 2.75) is 44.8 Å². The van der Waals surface area contributed by atoms with Gasteiger partial charge in [0.05, 0.1) is 17.8 Å². The van der Waals surface area contributed by atoms with Crippen molar-refractivity contribution in [3.05, 3.63) is 59.4 Å². The molecule has 25 heavy (non-hydrogen) atoms. The zero-order chi connectivity index (χ0) is 17.8. The van der Waals surface area contributed by atoms with Crippen molar-refractivity contribution in [2.75, 3.05) is 0 Å². The largest absolute Gasteiger partial charge is 0.508 e. The molecule has 1 saturated heterocycles. The summed E-state index contributed by atoms with van der Waals surface area (Å²) in [5, 5.41) is 13.0. The van der Waals surface area contributed by atoms with E-state index in [2.05, 4.69) is 21.2 Å². The first-order valence-corrected chi connectivity index (χ1v) is 8.60. The van der Waals surface area contributed by atoms with E-state index in [1.165, 1.54) is 0 Å². The Morgan fingerprint density at radius 2 is 2.16 bits per heavy atom. The summed E-state index contributed by atoms with van der Waals surface area (Å²) in [4.78, 5) is 17.0. The van der Waals surface area contributed by atoms with Crippen LogP contribution < -0.4 is 16.2 Å². The van der Waals surface area contributed by atoms with Crippen LogP contribution in [0, 0.1) is 6.92 Å². The molecule has 1 amide bonds. The van der Waals surface area contributed by atoms with Gasteiger partial charge >= 0.3 is 0 Å². The molecule has 0 aliphatic carbocycles. The number of para-hydroxylation sites is 1. The van der Waals surface area contributed by atoms with E-state index in [4.69, 9.17) is 0 Å². The molecule has 1 aliphatic heterocycles. The highest BCUT2D eigenvalue weighted by Gasteiger charge is 2.32. The number of carbonyl (C=O) groups is 1. The molecule has 4 N–H and O–H groups in total. The van der Waals surface area contributed by atoms with E-state index in [0.717, 1.165) is 23.2 Å². The van der Waals surface area contributed by atoms with Crippen LogP contribution in [0.5, 0.6) is 5.75 Å². The highest BCUT2D eigenvalue weighted by molar-refractivity contribution is 5.82. The zero-order valence-electron chi connectivity index (χ0n) is 14.5. The van der Waals surface area contributed by atoms with E-state index in [-0.39, 0.29) is 29.8 Å². The molecule has 3 rings (SSSR count). The van der Waals surface area contributed by atoms with Crippen molar-refractivity contribution in [3.8, 4) is 5.75 Å². The minimum absolute atomic E-state index is 0.0689. The van der Waals surface area contributed by atoms with Crippen molar-refractivity contribution >= 4 is 5.91 Å². The second-order valence-corrected chi connectivity index (χ2v) is 6.42. The number of nitrogens with zero attached hydrogens (tertiary/aromatic N) is 1. The minimum Gasteiger partial charge on any atom is -0.508 e. The summed E-state index contributed by atoms with van der Waals surface area (Å²) < 4.78 is 0. The van der Waals surface area contributed by atoms with Crippen LogP contribution in [-0.2, 0) is 4.79 Å². The molecule has 2 aromatic rings. The Kier molecular flexibility index (Phi) is 5.31. The van der Waals surface area contributed by atoms with Gasteiger partial charge in [-0.25, -0.2) is 10.9 Å². The zero-order valence-corrected chi connectivity index (χ0v) is 14.5. The number of hydrogen-bond donors (Lipinski definition) is 4. The van der Waals surface area contributed by atoms with Crippen molar-refractivity contribution in [3.63, 3.8) is 0 Å². The molecule has 3 unspecified atom stereocenters. The molecule has 3 atom stereocenters. The number of carbonyl (C=O) groups excluding carboxylic acids is 1.